The van der Waals surface area contributed by atoms with Gasteiger partial charge in [-0.05, 0) is 24.7 Å². The van der Waals surface area contributed by atoms with E-state index in [1.54, 1.807) is 0 Å². The van der Waals surface area contributed by atoms with Crippen LogP contribution in [-0.4, -0.2) is 19.6 Å². The van der Waals surface area contributed by atoms with E-state index in [2.05, 4.69) is 4.18 Å². The van der Waals surface area contributed by atoms with E-state index >= 15 is 0 Å². The van der Waals surface area contributed by atoms with Crippen molar-refractivity contribution in [1.29, 1.82) is 0 Å². The van der Waals surface area contributed by atoms with E-state index in [4.69, 9.17) is 4.55 Å². The zero-order valence-electron chi connectivity index (χ0n) is 8.41. The smallest absolute Gasteiger partial charge is 0.264 e. The van der Waals surface area contributed by atoms with E-state index in [-0.39, 0.29) is 12.0 Å². The summed E-state index contributed by atoms with van der Waals surface area (Å²) in [6.45, 7) is 6.02. The molecule has 4 nitrogen and oxygen atoms in total. The van der Waals surface area contributed by atoms with Crippen LogP contribution in [0.5, 0.6) is 0 Å². The Hall–Kier alpha value is -0.130. The van der Waals surface area contributed by atoms with Gasteiger partial charge in [-0.2, -0.15) is 8.42 Å². The summed E-state index contributed by atoms with van der Waals surface area (Å²) in [5.74, 6) is 0. The molecule has 0 saturated carbocycles. The maximum Gasteiger partial charge on any atom is 0.397 e. The van der Waals surface area contributed by atoms with Gasteiger partial charge in [0.2, 0.25) is 0 Å². The maximum atomic E-state index is 10.4. The van der Waals surface area contributed by atoms with Gasteiger partial charge in [0.25, 0.3) is 0 Å². The molecule has 13 heavy (non-hydrogen) atoms. The highest BCUT2D eigenvalue weighted by Crippen LogP contribution is 2.30. The topological polar surface area (TPSA) is 63.6 Å². The summed E-state index contributed by atoms with van der Waals surface area (Å²) < 4.78 is 33.5. The van der Waals surface area contributed by atoms with E-state index < -0.39 is 10.4 Å². The molecule has 5 heteroatoms. The quantitative estimate of drug-likeness (QED) is 0.681. The minimum Gasteiger partial charge on any atom is -0.264 e. The van der Waals surface area contributed by atoms with Gasteiger partial charge in [-0.15, -0.1) is 0 Å². The molecule has 0 aliphatic rings. The first-order valence-electron chi connectivity index (χ1n) is 4.51. The molecule has 1 N–H and O–H groups in total. The monoisotopic (exact) mass is 210 g/mol. The van der Waals surface area contributed by atoms with Crippen molar-refractivity contribution in [2.24, 2.45) is 5.41 Å². The molecule has 0 aromatic carbocycles. The lowest BCUT2D eigenvalue weighted by Gasteiger charge is -2.28. The summed E-state index contributed by atoms with van der Waals surface area (Å²) >= 11 is 0. The Bertz CT molecular complexity index is 220. The van der Waals surface area contributed by atoms with E-state index in [9.17, 15) is 8.42 Å². The highest BCUT2D eigenvalue weighted by Gasteiger charge is 2.26. The molecule has 0 aliphatic carbocycles. The third kappa shape index (κ3) is 4.59. The predicted molar refractivity (Wildman–Crippen MR) is 50.8 cm³/mol. The lowest BCUT2D eigenvalue weighted by atomic mass is 9.81. The van der Waals surface area contributed by atoms with Crippen LogP contribution < -0.4 is 0 Å². The lowest BCUT2D eigenvalue weighted by Crippen LogP contribution is -2.26. The molecule has 0 rings (SSSR count). The second-order valence-electron chi connectivity index (χ2n) is 3.25. The van der Waals surface area contributed by atoms with Gasteiger partial charge in [0, 0.05) is 0 Å². The van der Waals surface area contributed by atoms with Gasteiger partial charge < -0.3 is 0 Å². The van der Waals surface area contributed by atoms with E-state index in [1.807, 2.05) is 20.8 Å². The second kappa shape index (κ2) is 4.93. The van der Waals surface area contributed by atoms with E-state index in [1.165, 1.54) is 0 Å². The molecule has 0 heterocycles. The first-order chi connectivity index (χ1) is 5.89. The van der Waals surface area contributed by atoms with Crippen molar-refractivity contribution in [2.75, 3.05) is 6.61 Å². The van der Waals surface area contributed by atoms with E-state index in [0.29, 0.717) is 0 Å². The minimum atomic E-state index is -4.29. The highest BCUT2D eigenvalue weighted by atomic mass is 32.3. The van der Waals surface area contributed by atoms with Crippen LogP contribution in [-0.2, 0) is 14.6 Å². The number of rotatable bonds is 6. The molecule has 0 saturated heterocycles. The lowest BCUT2D eigenvalue weighted by molar-refractivity contribution is 0.120. The Morgan fingerprint density at radius 1 is 1.15 bits per heavy atom. The van der Waals surface area contributed by atoms with Crippen LogP contribution in [0.1, 0.15) is 40.0 Å². The average Bonchev–Trinajstić information content (AvgIpc) is 2.06. The average molecular weight is 210 g/mol. The second-order valence-corrected chi connectivity index (χ2v) is 4.34. The fraction of sp³-hybridized carbons (Fsp3) is 1.00. The zero-order chi connectivity index (χ0) is 10.5. The molecule has 0 unspecified atom stereocenters. The van der Waals surface area contributed by atoms with Crippen LogP contribution in [0.2, 0.25) is 0 Å². The fourth-order valence-corrected chi connectivity index (χ4v) is 1.65. The molecule has 0 spiro atoms. The molecule has 0 bridgehead atoms. The molecular weight excluding hydrogens is 192 g/mol. The van der Waals surface area contributed by atoms with Crippen LogP contribution in [0.4, 0.5) is 0 Å². The minimum absolute atomic E-state index is 0.0648. The standard InChI is InChI=1S/C8H18O4S/c1-4-8(5-2,6-3)7-12-13(9,10)11/h4-7H2,1-3H3,(H,9,10,11). The van der Waals surface area contributed by atoms with Crippen molar-refractivity contribution < 1.29 is 17.2 Å². The van der Waals surface area contributed by atoms with Crippen LogP contribution >= 0.6 is 0 Å². The molecule has 0 atom stereocenters. The normalized spacial score (nSPS) is 13.2. The number of hydrogen-bond donors (Lipinski definition) is 1. The predicted octanol–water partition coefficient (Wildman–Crippen LogP) is 2.02. The Balaban J connectivity index is 4.27. The van der Waals surface area contributed by atoms with Gasteiger partial charge in [0.15, 0.2) is 0 Å². The Morgan fingerprint density at radius 3 is 1.77 bits per heavy atom. The molecular formula is C8H18O4S. The van der Waals surface area contributed by atoms with Crippen molar-refractivity contribution in [3.63, 3.8) is 0 Å². The largest absolute Gasteiger partial charge is 0.397 e. The molecule has 0 amide bonds. The molecule has 0 fully saturated rings. The Morgan fingerprint density at radius 2 is 1.54 bits per heavy atom. The molecule has 80 valence electrons. The summed E-state index contributed by atoms with van der Waals surface area (Å²) in [5, 5.41) is 0. The third-order valence-corrected chi connectivity index (χ3v) is 3.18. The van der Waals surface area contributed by atoms with Gasteiger partial charge in [-0.1, -0.05) is 20.8 Å². The van der Waals surface area contributed by atoms with Gasteiger partial charge >= 0.3 is 10.4 Å². The third-order valence-electron chi connectivity index (χ3n) is 2.76. The van der Waals surface area contributed by atoms with Crippen molar-refractivity contribution in [2.45, 2.75) is 40.0 Å². The SMILES string of the molecule is CCC(CC)(CC)COS(=O)(=O)O. The molecule has 0 aromatic heterocycles. The summed E-state index contributed by atoms with van der Waals surface area (Å²) in [7, 11) is -4.29. The first-order valence-corrected chi connectivity index (χ1v) is 5.87. The summed E-state index contributed by atoms with van der Waals surface area (Å²) in [6.07, 6.45) is 2.53. The molecule has 0 radical (unpaired) electrons. The molecule has 0 aliphatic heterocycles. The van der Waals surface area contributed by atoms with Gasteiger partial charge in [-0.25, -0.2) is 4.18 Å². The summed E-state index contributed by atoms with van der Waals surface area (Å²) in [6, 6.07) is 0. The fourth-order valence-electron chi connectivity index (χ4n) is 1.26. The van der Waals surface area contributed by atoms with Crippen molar-refractivity contribution in [3.8, 4) is 0 Å². The maximum absolute atomic E-state index is 10.4. The van der Waals surface area contributed by atoms with Crippen molar-refractivity contribution in [3.05, 3.63) is 0 Å². The Labute approximate surface area is 80.2 Å². The van der Waals surface area contributed by atoms with Crippen molar-refractivity contribution >= 4 is 10.4 Å². The van der Waals surface area contributed by atoms with Crippen LogP contribution in [0.25, 0.3) is 0 Å². The zero-order valence-corrected chi connectivity index (χ0v) is 9.23. The summed E-state index contributed by atoms with van der Waals surface area (Å²) in [4.78, 5) is 0. The molecule has 0 aromatic rings. The highest BCUT2D eigenvalue weighted by molar-refractivity contribution is 7.80. The van der Waals surface area contributed by atoms with Gasteiger partial charge in [0.1, 0.15) is 0 Å². The van der Waals surface area contributed by atoms with Crippen molar-refractivity contribution in [1.82, 2.24) is 0 Å². The first kappa shape index (κ1) is 12.9. The summed E-state index contributed by atoms with van der Waals surface area (Å²) in [5.41, 5.74) is -0.129. The van der Waals surface area contributed by atoms with E-state index in [0.717, 1.165) is 19.3 Å². The van der Waals surface area contributed by atoms with Crippen LogP contribution in [0, 0.1) is 5.41 Å². The van der Waals surface area contributed by atoms with Gasteiger partial charge in [0.05, 0.1) is 6.61 Å². The number of hydrogen-bond acceptors (Lipinski definition) is 3. The van der Waals surface area contributed by atoms with Crippen LogP contribution in [0.3, 0.4) is 0 Å². The Kier molecular flexibility index (Phi) is 4.88. The van der Waals surface area contributed by atoms with Gasteiger partial charge in [-0.3, -0.25) is 4.55 Å². The van der Waals surface area contributed by atoms with Crippen LogP contribution in [0.15, 0.2) is 0 Å².